The average Bonchev–Trinajstić information content (AvgIpc) is 3.20. The van der Waals surface area contributed by atoms with Crippen LogP contribution in [0.15, 0.2) is 57.6 Å². The number of hydrogen-bond donors (Lipinski definition) is 1. The number of furan rings is 2. The van der Waals surface area contributed by atoms with E-state index in [0.29, 0.717) is 17.7 Å². The number of carbonyl (C=O) groups excluding carboxylic acids is 2. The van der Waals surface area contributed by atoms with Crippen molar-refractivity contribution in [3.8, 4) is 11.3 Å². The van der Waals surface area contributed by atoms with E-state index in [0.717, 1.165) is 11.1 Å². The molecule has 0 atom stereocenters. The second kappa shape index (κ2) is 5.73. The second-order valence-electron chi connectivity index (χ2n) is 4.78. The largest absolute Gasteiger partial charge is 0.459 e. The molecule has 0 spiro atoms. The van der Waals surface area contributed by atoms with Crippen LogP contribution in [0.5, 0.6) is 0 Å². The maximum absolute atomic E-state index is 12.0. The number of rotatable bonds is 4. The summed E-state index contributed by atoms with van der Waals surface area (Å²) in [6.45, 7) is 1.93. The molecule has 0 saturated heterocycles. The van der Waals surface area contributed by atoms with E-state index in [2.05, 4.69) is 5.32 Å². The molecule has 0 fully saturated rings. The zero-order valence-electron chi connectivity index (χ0n) is 11.8. The highest BCUT2D eigenvalue weighted by Crippen LogP contribution is 2.28. The number of anilines is 1. The van der Waals surface area contributed by atoms with Gasteiger partial charge in [0.25, 0.3) is 5.91 Å². The van der Waals surface area contributed by atoms with Gasteiger partial charge in [-0.1, -0.05) is 6.07 Å². The maximum atomic E-state index is 12.0. The molecule has 5 heteroatoms. The highest BCUT2D eigenvalue weighted by molar-refractivity contribution is 6.02. The molecule has 0 aliphatic rings. The van der Waals surface area contributed by atoms with Gasteiger partial charge < -0.3 is 14.2 Å². The zero-order chi connectivity index (χ0) is 15.5. The van der Waals surface area contributed by atoms with Gasteiger partial charge in [0.05, 0.1) is 6.26 Å². The molecule has 0 saturated carbocycles. The normalized spacial score (nSPS) is 10.4. The first kappa shape index (κ1) is 13.9. The second-order valence-corrected chi connectivity index (χ2v) is 4.78. The van der Waals surface area contributed by atoms with E-state index in [1.165, 1.54) is 6.26 Å². The number of nitrogens with one attached hydrogen (secondary N) is 1. The summed E-state index contributed by atoms with van der Waals surface area (Å²) in [6.07, 6.45) is 2.10. The van der Waals surface area contributed by atoms with Crippen molar-refractivity contribution in [1.82, 2.24) is 0 Å². The van der Waals surface area contributed by atoms with Gasteiger partial charge >= 0.3 is 0 Å². The molecule has 1 aromatic carbocycles. The van der Waals surface area contributed by atoms with E-state index in [9.17, 15) is 9.59 Å². The number of benzene rings is 1. The summed E-state index contributed by atoms with van der Waals surface area (Å²) in [5.41, 5.74) is 2.40. The first-order valence-electron chi connectivity index (χ1n) is 6.68. The molecule has 0 radical (unpaired) electrons. The highest BCUT2D eigenvalue weighted by atomic mass is 16.3. The Morgan fingerprint density at radius 1 is 1.18 bits per heavy atom. The Kier molecular flexibility index (Phi) is 3.62. The van der Waals surface area contributed by atoms with Gasteiger partial charge in [0.1, 0.15) is 5.76 Å². The molecular formula is C17H13NO4. The van der Waals surface area contributed by atoms with Crippen LogP contribution in [0.1, 0.15) is 26.7 Å². The number of aldehydes is 1. The molecule has 110 valence electrons. The lowest BCUT2D eigenvalue weighted by Gasteiger charge is -2.08. The quantitative estimate of drug-likeness (QED) is 0.740. The fraction of sp³-hybridized carbons (Fsp3) is 0.0588. The third-order valence-corrected chi connectivity index (χ3v) is 3.25. The van der Waals surface area contributed by atoms with Crippen molar-refractivity contribution in [3.63, 3.8) is 0 Å². The fourth-order valence-corrected chi connectivity index (χ4v) is 2.13. The predicted molar refractivity (Wildman–Crippen MR) is 80.9 cm³/mol. The van der Waals surface area contributed by atoms with Crippen LogP contribution in [-0.2, 0) is 0 Å². The Bertz CT molecular complexity index is 815. The van der Waals surface area contributed by atoms with Crippen molar-refractivity contribution < 1.29 is 18.4 Å². The first-order valence-corrected chi connectivity index (χ1v) is 6.68. The summed E-state index contributed by atoms with van der Waals surface area (Å²) in [4.78, 5) is 22.7. The molecule has 0 unspecified atom stereocenters. The van der Waals surface area contributed by atoms with Crippen LogP contribution >= 0.6 is 0 Å². The topological polar surface area (TPSA) is 72.5 Å². The van der Waals surface area contributed by atoms with Crippen LogP contribution in [0, 0.1) is 6.92 Å². The minimum absolute atomic E-state index is 0.239. The Morgan fingerprint density at radius 3 is 2.73 bits per heavy atom. The molecule has 3 rings (SSSR count). The lowest BCUT2D eigenvalue weighted by atomic mass is 10.1. The van der Waals surface area contributed by atoms with Crippen LogP contribution in [0.3, 0.4) is 0 Å². The van der Waals surface area contributed by atoms with Crippen LogP contribution in [0.2, 0.25) is 0 Å². The van der Waals surface area contributed by atoms with Gasteiger partial charge in [0.2, 0.25) is 0 Å². The third-order valence-electron chi connectivity index (χ3n) is 3.25. The lowest BCUT2D eigenvalue weighted by Crippen LogP contribution is -2.10. The summed E-state index contributed by atoms with van der Waals surface area (Å²) >= 11 is 0. The smallest absolute Gasteiger partial charge is 0.291 e. The van der Waals surface area contributed by atoms with Crippen molar-refractivity contribution in [2.24, 2.45) is 0 Å². The van der Waals surface area contributed by atoms with E-state index in [1.54, 1.807) is 36.4 Å². The Morgan fingerprint density at radius 2 is 2.05 bits per heavy atom. The SMILES string of the molecule is Cc1ccc(NC(=O)c2ccco2)cc1-c1ccc(C=O)o1. The van der Waals surface area contributed by atoms with Gasteiger partial charge in [0.15, 0.2) is 17.8 Å². The fourth-order valence-electron chi connectivity index (χ4n) is 2.13. The number of hydrogen-bond acceptors (Lipinski definition) is 4. The summed E-state index contributed by atoms with van der Waals surface area (Å²) in [7, 11) is 0. The van der Waals surface area contributed by atoms with Crippen molar-refractivity contribution in [1.29, 1.82) is 0 Å². The van der Waals surface area contributed by atoms with E-state index in [-0.39, 0.29) is 17.4 Å². The van der Waals surface area contributed by atoms with Gasteiger partial charge in [-0.3, -0.25) is 9.59 Å². The van der Waals surface area contributed by atoms with Crippen LogP contribution in [0.25, 0.3) is 11.3 Å². The average molecular weight is 295 g/mol. The molecule has 5 nitrogen and oxygen atoms in total. The maximum Gasteiger partial charge on any atom is 0.291 e. The molecule has 0 aliphatic carbocycles. The summed E-state index contributed by atoms with van der Waals surface area (Å²) in [5.74, 6) is 0.754. The van der Waals surface area contributed by atoms with Gasteiger partial charge in [0, 0.05) is 11.3 Å². The minimum Gasteiger partial charge on any atom is -0.459 e. The summed E-state index contributed by atoms with van der Waals surface area (Å²) < 4.78 is 10.5. The number of amides is 1. The third kappa shape index (κ3) is 2.69. The number of aryl methyl sites for hydroxylation is 1. The van der Waals surface area contributed by atoms with Gasteiger partial charge in [-0.05, 0) is 48.9 Å². The highest BCUT2D eigenvalue weighted by Gasteiger charge is 2.12. The Hall–Kier alpha value is -3.08. The number of carbonyl (C=O) groups is 2. The molecule has 1 amide bonds. The zero-order valence-corrected chi connectivity index (χ0v) is 11.8. The molecule has 2 aromatic heterocycles. The van der Waals surface area contributed by atoms with Crippen molar-refractivity contribution >= 4 is 17.9 Å². The van der Waals surface area contributed by atoms with Crippen LogP contribution in [-0.4, -0.2) is 12.2 Å². The van der Waals surface area contributed by atoms with Crippen molar-refractivity contribution in [3.05, 3.63) is 65.8 Å². The van der Waals surface area contributed by atoms with Crippen molar-refractivity contribution in [2.75, 3.05) is 5.32 Å². The monoisotopic (exact) mass is 295 g/mol. The van der Waals surface area contributed by atoms with Crippen LogP contribution in [0.4, 0.5) is 5.69 Å². The molecule has 0 aliphatic heterocycles. The summed E-state index contributed by atoms with van der Waals surface area (Å²) in [5, 5.41) is 2.76. The minimum atomic E-state index is -0.326. The van der Waals surface area contributed by atoms with E-state index >= 15 is 0 Å². The van der Waals surface area contributed by atoms with E-state index in [1.807, 2.05) is 13.0 Å². The lowest BCUT2D eigenvalue weighted by molar-refractivity contribution is 0.0996. The van der Waals surface area contributed by atoms with E-state index in [4.69, 9.17) is 8.83 Å². The molecule has 22 heavy (non-hydrogen) atoms. The predicted octanol–water partition coefficient (Wildman–Crippen LogP) is 3.91. The summed E-state index contributed by atoms with van der Waals surface area (Å²) in [6, 6.07) is 12.0. The molecule has 3 aromatic rings. The molecule has 2 heterocycles. The van der Waals surface area contributed by atoms with Gasteiger partial charge in [-0.2, -0.15) is 0 Å². The Labute approximate surface area is 126 Å². The first-order chi connectivity index (χ1) is 10.7. The van der Waals surface area contributed by atoms with Crippen molar-refractivity contribution in [2.45, 2.75) is 6.92 Å². The molecule has 1 N–H and O–H groups in total. The standard InChI is InChI=1S/C17H13NO4/c1-11-4-5-12(18-17(20)16-3-2-8-21-16)9-14(11)15-7-6-13(10-19)22-15/h2-10H,1H3,(H,18,20). The van der Waals surface area contributed by atoms with E-state index < -0.39 is 0 Å². The molecule has 0 bridgehead atoms. The Balaban J connectivity index is 1.89. The van der Waals surface area contributed by atoms with Gasteiger partial charge in [-0.25, -0.2) is 0 Å². The molecular weight excluding hydrogens is 282 g/mol. The van der Waals surface area contributed by atoms with Crippen LogP contribution < -0.4 is 5.32 Å². The van der Waals surface area contributed by atoms with Gasteiger partial charge in [-0.15, -0.1) is 0 Å².